The number of aldehydes is 1. The standard InChI is InChI=1S/C11H14BrNOS/c12-10-4-11(15-8-10)6-13-3-1-2-9(5-13)7-14/h4,7-9H,1-3,5-6H2. The highest BCUT2D eigenvalue weighted by Gasteiger charge is 2.19. The van der Waals surface area contributed by atoms with Gasteiger partial charge in [-0.1, -0.05) is 0 Å². The molecule has 1 aromatic heterocycles. The molecular weight excluding hydrogens is 274 g/mol. The fraction of sp³-hybridized carbons (Fsp3) is 0.545. The van der Waals surface area contributed by atoms with Crippen LogP contribution in [0.15, 0.2) is 15.9 Å². The van der Waals surface area contributed by atoms with Gasteiger partial charge >= 0.3 is 0 Å². The quantitative estimate of drug-likeness (QED) is 0.797. The molecule has 2 nitrogen and oxygen atoms in total. The van der Waals surface area contributed by atoms with Gasteiger partial charge < -0.3 is 4.79 Å². The van der Waals surface area contributed by atoms with Gasteiger partial charge in [0.05, 0.1) is 0 Å². The molecule has 1 unspecified atom stereocenters. The van der Waals surface area contributed by atoms with Crippen molar-refractivity contribution in [3.63, 3.8) is 0 Å². The molecule has 0 spiro atoms. The third kappa shape index (κ3) is 3.13. The smallest absolute Gasteiger partial charge is 0.124 e. The molecule has 4 heteroatoms. The summed E-state index contributed by atoms with van der Waals surface area (Å²) in [6.45, 7) is 3.04. The molecule has 0 N–H and O–H groups in total. The van der Waals surface area contributed by atoms with Gasteiger partial charge in [0.25, 0.3) is 0 Å². The molecule has 0 saturated carbocycles. The summed E-state index contributed by atoms with van der Waals surface area (Å²) in [7, 11) is 0. The van der Waals surface area contributed by atoms with Crippen molar-refractivity contribution < 1.29 is 4.79 Å². The summed E-state index contributed by atoms with van der Waals surface area (Å²) in [5, 5.41) is 2.11. The lowest BCUT2D eigenvalue weighted by atomic mass is 10.00. The Morgan fingerprint density at radius 2 is 2.53 bits per heavy atom. The Morgan fingerprint density at radius 3 is 3.20 bits per heavy atom. The van der Waals surface area contributed by atoms with E-state index in [-0.39, 0.29) is 5.92 Å². The van der Waals surface area contributed by atoms with Gasteiger partial charge in [-0.25, -0.2) is 0 Å². The van der Waals surface area contributed by atoms with Crippen LogP contribution >= 0.6 is 27.3 Å². The Labute approximate surface area is 102 Å². The minimum atomic E-state index is 0.252. The second-order valence-electron chi connectivity index (χ2n) is 4.00. The molecule has 0 aliphatic carbocycles. The minimum absolute atomic E-state index is 0.252. The molecule has 0 aromatic carbocycles. The van der Waals surface area contributed by atoms with Crippen LogP contribution in [0.5, 0.6) is 0 Å². The Hall–Kier alpha value is -0.190. The number of halogens is 1. The van der Waals surface area contributed by atoms with Gasteiger partial charge in [0.1, 0.15) is 6.29 Å². The number of rotatable bonds is 3. The van der Waals surface area contributed by atoms with Gasteiger partial charge in [-0.05, 0) is 41.4 Å². The minimum Gasteiger partial charge on any atom is -0.303 e. The van der Waals surface area contributed by atoms with Crippen LogP contribution in [0.25, 0.3) is 0 Å². The molecule has 0 radical (unpaired) electrons. The number of piperidine rings is 1. The van der Waals surface area contributed by atoms with E-state index in [0.717, 1.165) is 43.2 Å². The van der Waals surface area contributed by atoms with Crippen LogP contribution in [0.2, 0.25) is 0 Å². The van der Waals surface area contributed by atoms with Gasteiger partial charge in [-0.2, -0.15) is 0 Å². The molecule has 1 aliphatic heterocycles. The summed E-state index contributed by atoms with van der Waals surface area (Å²) in [4.78, 5) is 14.5. The van der Waals surface area contributed by atoms with Crippen LogP contribution < -0.4 is 0 Å². The zero-order valence-electron chi connectivity index (χ0n) is 8.49. The summed E-state index contributed by atoms with van der Waals surface area (Å²) in [6.07, 6.45) is 3.32. The summed E-state index contributed by atoms with van der Waals surface area (Å²) in [6, 6.07) is 2.16. The third-order valence-corrected chi connectivity index (χ3v) is 4.42. The maximum absolute atomic E-state index is 10.7. The highest BCUT2D eigenvalue weighted by atomic mass is 79.9. The molecule has 82 valence electrons. The summed E-state index contributed by atoms with van der Waals surface area (Å²) < 4.78 is 1.16. The van der Waals surface area contributed by atoms with Gasteiger partial charge in [0.15, 0.2) is 0 Å². The number of hydrogen-bond acceptors (Lipinski definition) is 3. The molecule has 0 bridgehead atoms. The summed E-state index contributed by atoms with van der Waals surface area (Å²) in [5.74, 6) is 0.252. The molecule has 1 aliphatic rings. The number of likely N-dealkylation sites (tertiary alicyclic amines) is 1. The summed E-state index contributed by atoms with van der Waals surface area (Å²) in [5.41, 5.74) is 0. The van der Waals surface area contributed by atoms with Crippen molar-refractivity contribution in [1.82, 2.24) is 4.90 Å². The van der Waals surface area contributed by atoms with Crippen molar-refractivity contribution in [2.45, 2.75) is 19.4 Å². The van der Waals surface area contributed by atoms with Crippen molar-refractivity contribution in [2.24, 2.45) is 5.92 Å². The normalized spacial score (nSPS) is 22.9. The van der Waals surface area contributed by atoms with E-state index in [1.165, 1.54) is 4.88 Å². The van der Waals surface area contributed by atoms with Gasteiger partial charge in [-0.3, -0.25) is 4.90 Å². The first-order chi connectivity index (χ1) is 7.28. The van der Waals surface area contributed by atoms with E-state index < -0.39 is 0 Å². The molecule has 2 heterocycles. The van der Waals surface area contributed by atoms with E-state index in [1.807, 2.05) is 0 Å². The lowest BCUT2D eigenvalue weighted by Crippen LogP contribution is -2.35. The number of carbonyl (C=O) groups excluding carboxylic acids is 1. The fourth-order valence-electron chi connectivity index (χ4n) is 2.00. The predicted molar refractivity (Wildman–Crippen MR) is 66.1 cm³/mol. The predicted octanol–water partition coefficient (Wildman–Crippen LogP) is 2.92. The maximum Gasteiger partial charge on any atom is 0.124 e. The largest absolute Gasteiger partial charge is 0.303 e. The van der Waals surface area contributed by atoms with Gasteiger partial charge in [-0.15, -0.1) is 11.3 Å². The Kier molecular flexibility index (Phi) is 3.94. The van der Waals surface area contributed by atoms with Crippen LogP contribution in [0.4, 0.5) is 0 Å². The third-order valence-electron chi connectivity index (χ3n) is 2.74. The average molecular weight is 288 g/mol. The first kappa shape index (κ1) is 11.3. The number of hydrogen-bond donors (Lipinski definition) is 0. The van der Waals surface area contributed by atoms with E-state index in [9.17, 15) is 4.79 Å². The highest BCUT2D eigenvalue weighted by Crippen LogP contribution is 2.23. The molecule has 0 amide bonds. The zero-order chi connectivity index (χ0) is 10.7. The van der Waals surface area contributed by atoms with Crippen molar-refractivity contribution >= 4 is 33.6 Å². The summed E-state index contributed by atoms with van der Waals surface area (Å²) >= 11 is 5.23. The van der Waals surface area contributed by atoms with Gasteiger partial charge in [0.2, 0.25) is 0 Å². The Bertz CT molecular complexity index is 339. The van der Waals surface area contributed by atoms with Crippen molar-refractivity contribution in [2.75, 3.05) is 13.1 Å². The van der Waals surface area contributed by atoms with E-state index in [1.54, 1.807) is 11.3 Å². The highest BCUT2D eigenvalue weighted by molar-refractivity contribution is 9.10. The average Bonchev–Trinajstić information content (AvgIpc) is 2.64. The van der Waals surface area contributed by atoms with E-state index >= 15 is 0 Å². The SMILES string of the molecule is O=CC1CCCN(Cc2cc(Br)cs2)C1. The van der Waals surface area contributed by atoms with Crippen LogP contribution in [0.3, 0.4) is 0 Å². The van der Waals surface area contributed by atoms with Crippen molar-refractivity contribution in [3.05, 3.63) is 20.8 Å². The van der Waals surface area contributed by atoms with Crippen LogP contribution in [-0.4, -0.2) is 24.3 Å². The topological polar surface area (TPSA) is 20.3 Å². The monoisotopic (exact) mass is 287 g/mol. The van der Waals surface area contributed by atoms with Crippen LogP contribution in [0, 0.1) is 5.92 Å². The molecule has 1 fully saturated rings. The first-order valence-electron chi connectivity index (χ1n) is 5.18. The molecule has 15 heavy (non-hydrogen) atoms. The lowest BCUT2D eigenvalue weighted by Gasteiger charge is -2.29. The number of nitrogens with zero attached hydrogens (tertiary/aromatic N) is 1. The van der Waals surface area contributed by atoms with Crippen LogP contribution in [-0.2, 0) is 11.3 Å². The van der Waals surface area contributed by atoms with Crippen molar-refractivity contribution in [1.29, 1.82) is 0 Å². The molecule has 1 atom stereocenters. The second-order valence-corrected chi connectivity index (χ2v) is 5.92. The van der Waals surface area contributed by atoms with E-state index in [4.69, 9.17) is 0 Å². The van der Waals surface area contributed by atoms with Crippen molar-refractivity contribution in [3.8, 4) is 0 Å². The van der Waals surface area contributed by atoms with E-state index in [2.05, 4.69) is 32.3 Å². The van der Waals surface area contributed by atoms with Crippen LogP contribution in [0.1, 0.15) is 17.7 Å². The first-order valence-corrected chi connectivity index (χ1v) is 6.86. The molecular formula is C11H14BrNOS. The van der Waals surface area contributed by atoms with E-state index in [0.29, 0.717) is 0 Å². The Balaban J connectivity index is 1.91. The Morgan fingerprint density at radius 1 is 1.67 bits per heavy atom. The van der Waals surface area contributed by atoms with Gasteiger partial charge in [0, 0.05) is 33.7 Å². The molecule has 1 aromatic rings. The lowest BCUT2D eigenvalue weighted by molar-refractivity contribution is -0.112. The fourth-order valence-corrected chi connectivity index (χ4v) is 3.50. The second kappa shape index (κ2) is 5.23. The number of thiophene rings is 1. The maximum atomic E-state index is 10.7. The zero-order valence-corrected chi connectivity index (χ0v) is 10.9. The number of carbonyl (C=O) groups is 1. The molecule has 1 saturated heterocycles. The molecule has 2 rings (SSSR count).